The third-order valence-corrected chi connectivity index (χ3v) is 8.15. The molecule has 0 fully saturated rings. The highest BCUT2D eigenvalue weighted by Gasteiger charge is 2.29. The van der Waals surface area contributed by atoms with E-state index in [1.165, 1.54) is 9.21 Å². The lowest BCUT2D eigenvalue weighted by Gasteiger charge is -2.31. The van der Waals surface area contributed by atoms with Crippen LogP contribution < -0.4 is 19.1 Å². The summed E-state index contributed by atoms with van der Waals surface area (Å²) in [6.45, 7) is 4.66. The summed E-state index contributed by atoms with van der Waals surface area (Å²) in [5, 5.41) is 3.78. The molecule has 3 rings (SSSR count). The van der Waals surface area contributed by atoms with Crippen LogP contribution in [0.2, 0.25) is 10.0 Å². The van der Waals surface area contributed by atoms with E-state index >= 15 is 0 Å². The van der Waals surface area contributed by atoms with Gasteiger partial charge < -0.3 is 19.7 Å². The van der Waals surface area contributed by atoms with Gasteiger partial charge in [-0.05, 0) is 49.1 Å². The zero-order chi connectivity index (χ0) is 28.6. The van der Waals surface area contributed by atoms with E-state index < -0.39 is 16.1 Å². The molecule has 9 nitrogen and oxygen atoms in total. The number of rotatable bonds is 14. The van der Waals surface area contributed by atoms with E-state index in [0.717, 1.165) is 19.1 Å². The number of hydrogen-bond acceptors (Lipinski definition) is 6. The number of nitrogens with zero attached hydrogens (tertiary/aromatic N) is 2. The van der Waals surface area contributed by atoms with Crippen LogP contribution in [0.1, 0.15) is 51.5 Å². The molecule has 0 bridgehead atoms. The molecule has 2 aromatic rings. The standard InChI is InChI=1S/C27H35Cl2N3O6S/c1-4-6-13-30-27(34)23(5-2)31(17-19-9-10-20(28)15-22(19)29)26(33)8-7-14-32(39(3,35)36)21-11-12-24-25(16-21)38-18-37-24/h9-12,15-16,23H,4-8,13-14,17-18H2,1-3H3,(H,30,34)/t23-/m1/s1. The van der Waals surface area contributed by atoms with Crippen molar-refractivity contribution in [2.75, 3.05) is 30.4 Å². The number of ether oxygens (including phenoxy) is 2. The lowest BCUT2D eigenvalue weighted by molar-refractivity contribution is -0.141. The molecule has 12 heteroatoms. The van der Waals surface area contributed by atoms with Crippen LogP contribution in [0.15, 0.2) is 36.4 Å². The molecule has 0 unspecified atom stereocenters. The largest absolute Gasteiger partial charge is 0.454 e. The van der Waals surface area contributed by atoms with Crippen LogP contribution in [-0.4, -0.2) is 57.3 Å². The van der Waals surface area contributed by atoms with Crippen LogP contribution in [0.5, 0.6) is 11.5 Å². The fraction of sp³-hybridized carbons (Fsp3) is 0.481. The van der Waals surface area contributed by atoms with Crippen LogP contribution in [0.4, 0.5) is 5.69 Å². The average Bonchev–Trinajstić information content (AvgIpc) is 3.35. The quantitative estimate of drug-likeness (QED) is 0.307. The van der Waals surface area contributed by atoms with Crippen molar-refractivity contribution in [3.8, 4) is 11.5 Å². The number of fused-ring (bicyclic) bond motifs is 1. The van der Waals surface area contributed by atoms with Crippen molar-refractivity contribution in [3.63, 3.8) is 0 Å². The molecular formula is C27H35Cl2N3O6S. The van der Waals surface area contributed by atoms with Gasteiger partial charge in [0.05, 0.1) is 11.9 Å². The topological polar surface area (TPSA) is 105 Å². The molecule has 0 radical (unpaired) electrons. The van der Waals surface area contributed by atoms with Gasteiger partial charge in [-0.2, -0.15) is 0 Å². The van der Waals surface area contributed by atoms with Gasteiger partial charge in [-0.25, -0.2) is 8.42 Å². The van der Waals surface area contributed by atoms with Gasteiger partial charge in [0.2, 0.25) is 28.6 Å². The molecule has 0 aromatic heterocycles. The average molecular weight is 601 g/mol. The third-order valence-electron chi connectivity index (χ3n) is 6.37. The maximum Gasteiger partial charge on any atom is 0.242 e. The summed E-state index contributed by atoms with van der Waals surface area (Å²) in [6, 6.07) is 9.20. The molecule has 0 spiro atoms. The molecule has 2 amide bonds. The number of carbonyl (C=O) groups excluding carboxylic acids is 2. The fourth-order valence-electron chi connectivity index (χ4n) is 4.30. The van der Waals surface area contributed by atoms with Gasteiger partial charge >= 0.3 is 0 Å². The molecule has 214 valence electrons. The van der Waals surface area contributed by atoms with Gasteiger partial charge in [0, 0.05) is 42.2 Å². The summed E-state index contributed by atoms with van der Waals surface area (Å²) >= 11 is 12.4. The maximum atomic E-state index is 13.6. The number of hydrogen-bond donors (Lipinski definition) is 1. The predicted octanol–water partition coefficient (Wildman–Crippen LogP) is 4.99. The Balaban J connectivity index is 1.77. The lowest BCUT2D eigenvalue weighted by atomic mass is 10.1. The van der Waals surface area contributed by atoms with Gasteiger partial charge in [0.1, 0.15) is 6.04 Å². The Morgan fingerprint density at radius 2 is 1.79 bits per heavy atom. The molecule has 1 N–H and O–H groups in total. The van der Waals surface area contributed by atoms with Gasteiger partial charge in [-0.3, -0.25) is 13.9 Å². The van der Waals surface area contributed by atoms with Crippen LogP contribution in [0.25, 0.3) is 0 Å². The van der Waals surface area contributed by atoms with E-state index in [-0.39, 0.29) is 44.5 Å². The van der Waals surface area contributed by atoms with Crippen molar-refractivity contribution in [3.05, 3.63) is 52.0 Å². The highest BCUT2D eigenvalue weighted by Crippen LogP contribution is 2.36. The number of sulfonamides is 1. The molecule has 0 aliphatic carbocycles. The van der Waals surface area contributed by atoms with E-state index in [4.69, 9.17) is 32.7 Å². The van der Waals surface area contributed by atoms with E-state index in [9.17, 15) is 18.0 Å². The van der Waals surface area contributed by atoms with E-state index in [1.54, 1.807) is 36.4 Å². The zero-order valence-electron chi connectivity index (χ0n) is 22.4. The molecule has 1 heterocycles. The number of amides is 2. The first-order valence-corrected chi connectivity index (χ1v) is 15.5. The van der Waals surface area contributed by atoms with Crippen LogP contribution in [0, 0.1) is 0 Å². The van der Waals surface area contributed by atoms with Gasteiger partial charge in [-0.1, -0.05) is 49.5 Å². The second kappa shape index (κ2) is 14.1. The molecule has 1 atom stereocenters. The molecule has 2 aromatic carbocycles. The van der Waals surface area contributed by atoms with Gasteiger partial charge in [0.15, 0.2) is 11.5 Å². The second-order valence-corrected chi connectivity index (χ2v) is 12.1. The smallest absolute Gasteiger partial charge is 0.242 e. The molecule has 1 aliphatic heterocycles. The number of unbranched alkanes of at least 4 members (excludes halogenated alkanes) is 1. The van der Waals surface area contributed by atoms with Crippen LogP contribution in [0.3, 0.4) is 0 Å². The first kappa shape index (κ1) is 30.8. The number of benzene rings is 2. The minimum Gasteiger partial charge on any atom is -0.454 e. The molecule has 0 saturated heterocycles. The number of halogens is 2. The first-order valence-electron chi connectivity index (χ1n) is 12.9. The summed E-state index contributed by atoms with van der Waals surface area (Å²) in [6.07, 6.45) is 3.55. The normalized spacial score (nSPS) is 13.2. The van der Waals surface area contributed by atoms with Crippen molar-refractivity contribution in [1.29, 1.82) is 0 Å². The fourth-order valence-corrected chi connectivity index (χ4v) is 5.73. The maximum absolute atomic E-state index is 13.6. The Morgan fingerprint density at radius 1 is 1.05 bits per heavy atom. The summed E-state index contributed by atoms with van der Waals surface area (Å²) in [5.41, 5.74) is 1.08. The summed E-state index contributed by atoms with van der Waals surface area (Å²) < 4.78 is 37.1. The van der Waals surface area contributed by atoms with Crippen molar-refractivity contribution >= 4 is 50.7 Å². The van der Waals surface area contributed by atoms with Crippen LogP contribution in [-0.2, 0) is 26.2 Å². The Kier molecular flexibility index (Phi) is 11.1. The summed E-state index contributed by atoms with van der Waals surface area (Å²) in [5.74, 6) is 0.491. The Morgan fingerprint density at radius 3 is 2.46 bits per heavy atom. The Hall–Kier alpha value is -2.69. The number of carbonyl (C=O) groups is 2. The minimum absolute atomic E-state index is 0.0283. The van der Waals surface area contributed by atoms with E-state index in [1.807, 2.05) is 13.8 Å². The Labute approximate surface area is 240 Å². The predicted molar refractivity (Wildman–Crippen MR) is 153 cm³/mol. The van der Waals surface area contributed by atoms with Gasteiger partial charge in [0.25, 0.3) is 0 Å². The second-order valence-electron chi connectivity index (χ2n) is 9.30. The molecule has 0 saturated carbocycles. The van der Waals surface area contributed by atoms with Crippen molar-refractivity contribution < 1.29 is 27.5 Å². The number of nitrogens with one attached hydrogen (secondary N) is 1. The molecular weight excluding hydrogens is 565 g/mol. The zero-order valence-corrected chi connectivity index (χ0v) is 24.7. The van der Waals surface area contributed by atoms with E-state index in [2.05, 4.69) is 5.32 Å². The van der Waals surface area contributed by atoms with Crippen molar-refractivity contribution in [2.24, 2.45) is 0 Å². The highest BCUT2D eigenvalue weighted by molar-refractivity contribution is 7.92. The lowest BCUT2D eigenvalue weighted by Crippen LogP contribution is -2.49. The van der Waals surface area contributed by atoms with Gasteiger partial charge in [-0.15, -0.1) is 0 Å². The van der Waals surface area contributed by atoms with E-state index in [0.29, 0.717) is 45.8 Å². The first-order chi connectivity index (χ1) is 18.5. The number of anilines is 1. The summed E-state index contributed by atoms with van der Waals surface area (Å²) in [4.78, 5) is 28.1. The monoisotopic (exact) mass is 599 g/mol. The van der Waals surface area contributed by atoms with Crippen molar-refractivity contribution in [2.45, 2.75) is 58.5 Å². The minimum atomic E-state index is -3.64. The highest BCUT2D eigenvalue weighted by atomic mass is 35.5. The summed E-state index contributed by atoms with van der Waals surface area (Å²) in [7, 11) is -3.64. The molecule has 1 aliphatic rings. The molecule has 39 heavy (non-hydrogen) atoms. The van der Waals surface area contributed by atoms with Crippen LogP contribution >= 0.6 is 23.2 Å². The Bertz CT molecular complexity index is 1270. The third kappa shape index (κ3) is 8.40. The SMILES string of the molecule is CCCCNC(=O)[C@@H](CC)N(Cc1ccc(Cl)cc1Cl)C(=O)CCCN(c1ccc2c(c1)OCO2)S(C)(=O)=O. The van der Waals surface area contributed by atoms with Crippen molar-refractivity contribution in [1.82, 2.24) is 10.2 Å².